The summed E-state index contributed by atoms with van der Waals surface area (Å²) < 4.78 is 0. The third kappa shape index (κ3) is 418. The third-order valence-corrected chi connectivity index (χ3v) is 0. The van der Waals surface area contributed by atoms with Crippen LogP contribution in [0.4, 0.5) is 0 Å². The van der Waals surface area contributed by atoms with Crippen LogP contribution in [0.5, 0.6) is 0 Å². The van der Waals surface area contributed by atoms with Gasteiger partial charge in [0.15, 0.2) is 0 Å². The molecule has 7 heavy (non-hydrogen) atoms. The van der Waals surface area contributed by atoms with Gasteiger partial charge in [0.25, 0.3) is 0 Å². The SMILES string of the molecule is N[C-]=O.[CH2-]CC.[Y]. The van der Waals surface area contributed by atoms with E-state index in [0.29, 0.717) is 0 Å². The van der Waals surface area contributed by atoms with Crippen LogP contribution in [0.3, 0.4) is 0 Å². The van der Waals surface area contributed by atoms with Gasteiger partial charge in [0.05, 0.1) is 0 Å². The van der Waals surface area contributed by atoms with E-state index in [1.54, 1.807) is 0 Å². The molecule has 0 aromatic carbocycles. The molecule has 0 aliphatic heterocycles. The van der Waals surface area contributed by atoms with Crippen molar-refractivity contribution >= 4 is 6.41 Å². The molecule has 0 aliphatic rings. The summed E-state index contributed by atoms with van der Waals surface area (Å²) in [4.78, 5) is 8.46. The van der Waals surface area contributed by atoms with Crippen LogP contribution in [0, 0.1) is 6.92 Å². The molecule has 0 aromatic heterocycles. The van der Waals surface area contributed by atoms with E-state index in [2.05, 4.69) is 12.7 Å². The normalized spacial score (nSPS) is 4.29. The van der Waals surface area contributed by atoms with Gasteiger partial charge in [0.1, 0.15) is 0 Å². The van der Waals surface area contributed by atoms with Crippen LogP contribution in [-0.4, -0.2) is 6.41 Å². The summed E-state index contributed by atoms with van der Waals surface area (Å²) in [6, 6.07) is 0. The Hall–Kier alpha value is 0.574. The quantitative estimate of drug-likeness (QED) is 0.417. The van der Waals surface area contributed by atoms with Gasteiger partial charge in [-0.2, -0.15) is 12.8 Å². The molecule has 0 bridgehead atoms. The van der Waals surface area contributed by atoms with Crippen molar-refractivity contribution in [3.63, 3.8) is 0 Å². The van der Waals surface area contributed by atoms with Gasteiger partial charge in [-0.1, -0.05) is 6.92 Å². The molecule has 0 atom stereocenters. The first-order valence-corrected chi connectivity index (χ1v) is 1.70. The molecule has 0 aromatic rings. The molecule has 0 heterocycles. The van der Waals surface area contributed by atoms with E-state index >= 15 is 0 Å². The number of hydrogen-bond donors (Lipinski definition) is 1. The van der Waals surface area contributed by atoms with Crippen LogP contribution in [0.2, 0.25) is 0 Å². The summed E-state index contributed by atoms with van der Waals surface area (Å²) >= 11 is 0. The van der Waals surface area contributed by atoms with E-state index < -0.39 is 0 Å². The van der Waals surface area contributed by atoms with E-state index in [9.17, 15) is 0 Å². The zero-order valence-electron chi connectivity index (χ0n) is 4.48. The first-order valence-electron chi connectivity index (χ1n) is 1.70. The summed E-state index contributed by atoms with van der Waals surface area (Å²) in [5.74, 6) is 0. The van der Waals surface area contributed by atoms with Crippen molar-refractivity contribution in [2.45, 2.75) is 13.3 Å². The minimum atomic E-state index is 0. The van der Waals surface area contributed by atoms with E-state index in [4.69, 9.17) is 4.79 Å². The molecule has 0 rings (SSSR count). The fraction of sp³-hybridized carbons (Fsp3) is 0.500. The van der Waals surface area contributed by atoms with Crippen LogP contribution < -0.4 is 5.73 Å². The van der Waals surface area contributed by atoms with Crippen molar-refractivity contribution in [3.8, 4) is 0 Å². The molecular weight excluding hydrogens is 167 g/mol. The third-order valence-electron chi connectivity index (χ3n) is 0. The van der Waals surface area contributed by atoms with Crippen LogP contribution in [0.25, 0.3) is 0 Å². The van der Waals surface area contributed by atoms with Crippen LogP contribution in [-0.2, 0) is 37.5 Å². The molecular formula is C4H9NOY-2. The topological polar surface area (TPSA) is 43.1 Å². The molecule has 0 saturated carbocycles. The minimum Gasteiger partial charge on any atom is -0.543 e. The largest absolute Gasteiger partial charge is 0.543 e. The Kier molecular flexibility index (Phi) is 68.9. The van der Waals surface area contributed by atoms with Crippen LogP contribution in [0.1, 0.15) is 13.3 Å². The Bertz CT molecular complexity index is 25.7. The zero-order valence-corrected chi connectivity index (χ0v) is 7.32. The average Bonchev–Trinajstić information content (AvgIpc) is 1.39. The van der Waals surface area contributed by atoms with Gasteiger partial charge in [-0.25, -0.2) is 0 Å². The molecule has 41 valence electrons. The van der Waals surface area contributed by atoms with E-state index in [1.165, 1.54) is 0 Å². The van der Waals surface area contributed by atoms with Gasteiger partial charge in [-0.05, 0) is 0 Å². The maximum absolute atomic E-state index is 8.46. The number of rotatable bonds is 0. The maximum Gasteiger partial charge on any atom is 0 e. The van der Waals surface area contributed by atoms with Crippen molar-refractivity contribution in [1.82, 2.24) is 0 Å². The molecule has 0 spiro atoms. The molecule has 2 nitrogen and oxygen atoms in total. The van der Waals surface area contributed by atoms with Crippen molar-refractivity contribution in [3.05, 3.63) is 6.92 Å². The second-order valence-corrected chi connectivity index (χ2v) is 0.618. The Morgan fingerprint density at radius 1 is 1.86 bits per heavy atom. The molecule has 3 heteroatoms. The summed E-state index contributed by atoms with van der Waals surface area (Å²) in [7, 11) is 0. The number of carbonyl (C=O) groups excluding carboxylic acids is 1. The van der Waals surface area contributed by atoms with E-state index in [-0.39, 0.29) is 32.7 Å². The van der Waals surface area contributed by atoms with Gasteiger partial charge in [-0.3, -0.25) is 0 Å². The Morgan fingerprint density at radius 2 is 1.86 bits per heavy atom. The first kappa shape index (κ1) is 15.6. The second-order valence-electron chi connectivity index (χ2n) is 0.618. The number of hydrogen-bond acceptors (Lipinski definition) is 1. The van der Waals surface area contributed by atoms with E-state index in [1.807, 2.05) is 6.92 Å². The standard InChI is InChI=1S/C3H7.CH2NO.Y/c1-3-2;2-1-3;/h1,3H2,2H3;(H2,2,3);/q2*-1;. The summed E-state index contributed by atoms with van der Waals surface area (Å²) in [5.41, 5.74) is 4.04. The minimum absolute atomic E-state index is 0. The van der Waals surface area contributed by atoms with Crippen LogP contribution >= 0.6 is 0 Å². The molecule has 2 N–H and O–H groups in total. The maximum atomic E-state index is 8.46. The van der Waals surface area contributed by atoms with Gasteiger partial charge in [0.2, 0.25) is 0 Å². The van der Waals surface area contributed by atoms with Crippen molar-refractivity contribution in [2.24, 2.45) is 5.73 Å². The molecule has 0 aliphatic carbocycles. The Morgan fingerprint density at radius 3 is 1.86 bits per heavy atom. The Labute approximate surface area is 69.7 Å². The van der Waals surface area contributed by atoms with E-state index in [0.717, 1.165) is 12.8 Å². The smallest absolute Gasteiger partial charge is 0 e. The summed E-state index contributed by atoms with van der Waals surface area (Å²) in [5, 5.41) is 0. The van der Waals surface area contributed by atoms with Gasteiger partial charge < -0.3 is 17.5 Å². The zero-order chi connectivity index (χ0) is 5.41. The fourth-order valence-corrected chi connectivity index (χ4v) is 0. The van der Waals surface area contributed by atoms with Crippen molar-refractivity contribution < 1.29 is 37.5 Å². The number of nitrogens with two attached hydrogens (primary N) is 1. The molecule has 0 fully saturated rings. The first-order chi connectivity index (χ1) is 2.83. The fourth-order valence-electron chi connectivity index (χ4n) is 0. The predicted molar refractivity (Wildman–Crippen MR) is 25.5 cm³/mol. The molecule has 1 amide bonds. The summed E-state index contributed by atoms with van der Waals surface area (Å²) in [6.07, 6.45) is 2.00. The number of amides is 1. The van der Waals surface area contributed by atoms with Crippen molar-refractivity contribution in [1.29, 1.82) is 0 Å². The monoisotopic (exact) mass is 176 g/mol. The second kappa shape index (κ2) is 30.8. The average molecular weight is 176 g/mol. The Balaban J connectivity index is -0.0000000400. The molecule has 0 saturated heterocycles. The van der Waals surface area contributed by atoms with Gasteiger partial charge >= 0.3 is 0 Å². The van der Waals surface area contributed by atoms with Gasteiger partial charge in [-0.15, -0.1) is 0 Å². The molecule has 1 radical (unpaired) electrons. The van der Waals surface area contributed by atoms with Crippen molar-refractivity contribution in [2.75, 3.05) is 0 Å². The predicted octanol–water partition coefficient (Wildman–Crippen LogP) is 0.240. The summed E-state index contributed by atoms with van der Waals surface area (Å²) in [6.45, 7) is 5.50. The number of primary amides is 1. The molecule has 0 unspecified atom stereocenters. The van der Waals surface area contributed by atoms with Crippen LogP contribution in [0.15, 0.2) is 0 Å². The van der Waals surface area contributed by atoms with Gasteiger partial charge in [0, 0.05) is 32.7 Å².